The van der Waals surface area contributed by atoms with Crippen molar-refractivity contribution in [3.05, 3.63) is 16.5 Å². The highest BCUT2D eigenvalue weighted by molar-refractivity contribution is 7.99. The molecule has 1 rings (SSSR count). The zero-order valence-corrected chi connectivity index (χ0v) is 10.8. The molecule has 1 heterocycles. The van der Waals surface area contributed by atoms with Gasteiger partial charge in [0.1, 0.15) is 16.0 Å². The number of methoxy groups -OCH3 is 1. The highest BCUT2D eigenvalue weighted by atomic mass is 35.5. The quantitative estimate of drug-likeness (QED) is 0.455. The van der Waals surface area contributed by atoms with Crippen LogP contribution in [0.5, 0.6) is 0 Å². The van der Waals surface area contributed by atoms with Gasteiger partial charge in [0.2, 0.25) is 0 Å². The van der Waals surface area contributed by atoms with Gasteiger partial charge < -0.3 is 4.74 Å². The van der Waals surface area contributed by atoms with Crippen LogP contribution in [0.3, 0.4) is 0 Å². The summed E-state index contributed by atoms with van der Waals surface area (Å²) in [7, 11) is 1.71. The minimum absolute atomic E-state index is 0.553. The molecule has 1 aromatic heterocycles. The Bertz CT molecular complexity index is 333. The first-order chi connectivity index (χ1) is 7.15. The first-order valence-electron chi connectivity index (χ1n) is 4.77. The third kappa shape index (κ3) is 3.97. The van der Waals surface area contributed by atoms with Crippen molar-refractivity contribution in [2.75, 3.05) is 19.5 Å². The van der Waals surface area contributed by atoms with Gasteiger partial charge in [0.25, 0.3) is 0 Å². The number of hydrogen-bond donors (Lipinski definition) is 0. The molecule has 84 valence electrons. The minimum Gasteiger partial charge on any atom is -0.385 e. The van der Waals surface area contributed by atoms with Crippen molar-refractivity contribution in [3.8, 4) is 0 Å². The van der Waals surface area contributed by atoms with Crippen molar-refractivity contribution in [1.29, 1.82) is 0 Å². The molecule has 0 amide bonds. The molecule has 0 aliphatic rings. The predicted molar refractivity (Wildman–Crippen MR) is 63.7 cm³/mol. The standard InChI is InChI=1S/C10H15ClN2OS/c1-7-9(11)12-8(2)13-10(7)15-6-4-5-14-3/h4-6H2,1-3H3. The summed E-state index contributed by atoms with van der Waals surface area (Å²) in [4.78, 5) is 8.45. The van der Waals surface area contributed by atoms with Crippen molar-refractivity contribution >= 4 is 23.4 Å². The van der Waals surface area contributed by atoms with Gasteiger partial charge in [-0.1, -0.05) is 11.6 Å². The van der Waals surface area contributed by atoms with E-state index in [-0.39, 0.29) is 0 Å². The first kappa shape index (κ1) is 12.7. The van der Waals surface area contributed by atoms with Gasteiger partial charge in [0.05, 0.1) is 0 Å². The molecule has 0 aromatic carbocycles. The van der Waals surface area contributed by atoms with Gasteiger partial charge >= 0.3 is 0 Å². The average Bonchev–Trinajstić information content (AvgIpc) is 2.19. The van der Waals surface area contributed by atoms with E-state index in [0.717, 1.165) is 35.2 Å². The van der Waals surface area contributed by atoms with Gasteiger partial charge in [-0.3, -0.25) is 0 Å². The normalized spacial score (nSPS) is 10.7. The fraction of sp³-hybridized carbons (Fsp3) is 0.600. The number of rotatable bonds is 5. The van der Waals surface area contributed by atoms with Crippen LogP contribution in [-0.2, 0) is 4.74 Å². The van der Waals surface area contributed by atoms with E-state index in [1.165, 1.54) is 0 Å². The van der Waals surface area contributed by atoms with E-state index >= 15 is 0 Å². The van der Waals surface area contributed by atoms with E-state index in [9.17, 15) is 0 Å². The predicted octanol–water partition coefficient (Wildman–Crippen LogP) is 2.88. The lowest BCUT2D eigenvalue weighted by Crippen LogP contribution is -1.97. The summed E-state index contributed by atoms with van der Waals surface area (Å²) in [5.74, 6) is 1.71. The molecule has 0 unspecified atom stereocenters. The van der Waals surface area contributed by atoms with E-state index < -0.39 is 0 Å². The van der Waals surface area contributed by atoms with Crippen molar-refractivity contribution in [1.82, 2.24) is 9.97 Å². The smallest absolute Gasteiger partial charge is 0.136 e. The Labute approximate surface area is 99.6 Å². The van der Waals surface area contributed by atoms with Crippen LogP contribution in [0.25, 0.3) is 0 Å². The minimum atomic E-state index is 0.553. The molecule has 0 atom stereocenters. The molecule has 0 saturated carbocycles. The van der Waals surface area contributed by atoms with Crippen LogP contribution < -0.4 is 0 Å². The topological polar surface area (TPSA) is 35.0 Å². The Morgan fingerprint density at radius 3 is 2.73 bits per heavy atom. The Kier molecular flexibility index (Phi) is 5.36. The molecule has 5 heteroatoms. The zero-order valence-electron chi connectivity index (χ0n) is 9.21. The number of aromatic nitrogens is 2. The van der Waals surface area contributed by atoms with Gasteiger partial charge in [-0.15, -0.1) is 11.8 Å². The maximum absolute atomic E-state index is 5.97. The molecular weight excluding hydrogens is 232 g/mol. The Morgan fingerprint density at radius 1 is 1.33 bits per heavy atom. The highest BCUT2D eigenvalue weighted by Crippen LogP contribution is 2.25. The molecule has 0 saturated heterocycles. The third-order valence-corrected chi connectivity index (χ3v) is 3.42. The maximum atomic E-state index is 5.97. The molecule has 0 aliphatic carbocycles. The lowest BCUT2D eigenvalue weighted by molar-refractivity contribution is 0.200. The summed E-state index contributed by atoms with van der Waals surface area (Å²) >= 11 is 7.67. The van der Waals surface area contributed by atoms with Crippen LogP contribution >= 0.6 is 23.4 Å². The second-order valence-corrected chi connectivity index (χ2v) is 4.63. The second-order valence-electron chi connectivity index (χ2n) is 3.19. The second kappa shape index (κ2) is 6.30. The summed E-state index contributed by atoms with van der Waals surface area (Å²) in [6.45, 7) is 4.58. The van der Waals surface area contributed by atoms with Crippen LogP contribution in [0.2, 0.25) is 5.15 Å². The molecule has 0 radical (unpaired) electrons. The Morgan fingerprint density at radius 2 is 2.07 bits per heavy atom. The molecule has 0 aliphatic heterocycles. The van der Waals surface area contributed by atoms with Gasteiger partial charge in [-0.05, 0) is 20.3 Å². The zero-order chi connectivity index (χ0) is 11.3. The Hall–Kier alpha value is -0.320. The van der Waals surface area contributed by atoms with E-state index in [1.54, 1.807) is 18.9 Å². The number of nitrogens with zero attached hydrogens (tertiary/aromatic N) is 2. The van der Waals surface area contributed by atoms with E-state index in [2.05, 4.69) is 9.97 Å². The maximum Gasteiger partial charge on any atom is 0.136 e. The fourth-order valence-corrected chi connectivity index (χ4v) is 2.32. The SMILES string of the molecule is COCCCSc1nc(C)nc(Cl)c1C. The molecule has 0 fully saturated rings. The number of ether oxygens (including phenoxy) is 1. The summed E-state index contributed by atoms with van der Waals surface area (Å²) in [5.41, 5.74) is 0.963. The largest absolute Gasteiger partial charge is 0.385 e. The summed E-state index contributed by atoms with van der Waals surface area (Å²) in [5, 5.41) is 1.53. The number of halogens is 1. The van der Waals surface area contributed by atoms with E-state index in [1.807, 2.05) is 13.8 Å². The van der Waals surface area contributed by atoms with E-state index in [0.29, 0.717) is 5.15 Å². The summed E-state index contributed by atoms with van der Waals surface area (Å²) in [6.07, 6.45) is 1.02. The van der Waals surface area contributed by atoms with Crippen LogP contribution in [0.4, 0.5) is 0 Å². The lowest BCUT2D eigenvalue weighted by atomic mass is 10.4. The van der Waals surface area contributed by atoms with Crippen molar-refractivity contribution in [2.24, 2.45) is 0 Å². The van der Waals surface area contributed by atoms with Crippen molar-refractivity contribution in [3.63, 3.8) is 0 Å². The van der Waals surface area contributed by atoms with Gasteiger partial charge in [0, 0.05) is 25.0 Å². The summed E-state index contributed by atoms with van der Waals surface area (Å²) in [6, 6.07) is 0. The van der Waals surface area contributed by atoms with Crippen LogP contribution in [-0.4, -0.2) is 29.4 Å². The molecule has 3 nitrogen and oxygen atoms in total. The highest BCUT2D eigenvalue weighted by Gasteiger charge is 2.07. The van der Waals surface area contributed by atoms with Gasteiger partial charge in [-0.2, -0.15) is 0 Å². The van der Waals surface area contributed by atoms with Crippen molar-refractivity contribution < 1.29 is 4.74 Å². The van der Waals surface area contributed by atoms with Gasteiger partial charge in [-0.25, -0.2) is 9.97 Å². The number of thioether (sulfide) groups is 1. The van der Waals surface area contributed by atoms with Crippen LogP contribution in [0.1, 0.15) is 17.8 Å². The average molecular weight is 247 g/mol. The molecule has 1 aromatic rings. The third-order valence-electron chi connectivity index (χ3n) is 1.89. The number of hydrogen-bond acceptors (Lipinski definition) is 4. The molecular formula is C10H15ClN2OS. The molecule has 0 spiro atoms. The first-order valence-corrected chi connectivity index (χ1v) is 6.14. The fourth-order valence-electron chi connectivity index (χ4n) is 1.08. The molecule has 0 N–H and O–H groups in total. The van der Waals surface area contributed by atoms with Crippen LogP contribution in [0.15, 0.2) is 5.03 Å². The van der Waals surface area contributed by atoms with E-state index in [4.69, 9.17) is 16.3 Å². The van der Waals surface area contributed by atoms with Crippen molar-refractivity contribution in [2.45, 2.75) is 25.3 Å². The van der Waals surface area contributed by atoms with Crippen LogP contribution in [0, 0.1) is 13.8 Å². The molecule has 0 bridgehead atoms. The molecule has 15 heavy (non-hydrogen) atoms. The Balaban J connectivity index is 2.60. The summed E-state index contributed by atoms with van der Waals surface area (Å²) < 4.78 is 4.99. The lowest BCUT2D eigenvalue weighted by Gasteiger charge is -2.06. The number of aryl methyl sites for hydroxylation is 1. The monoisotopic (exact) mass is 246 g/mol. The van der Waals surface area contributed by atoms with Gasteiger partial charge in [0.15, 0.2) is 0 Å².